The Labute approximate surface area is 74.5 Å². The average molecular weight is 244 g/mol. The Balaban J connectivity index is -0.0000000133. The van der Waals surface area contributed by atoms with Crippen molar-refractivity contribution in [1.82, 2.24) is 12.3 Å². The van der Waals surface area contributed by atoms with Crippen LogP contribution >= 0.6 is 0 Å². The minimum Gasteiger partial charge on any atom is -0.759 e. The van der Waals surface area contributed by atoms with Crippen molar-refractivity contribution in [1.29, 1.82) is 0 Å². The molecule has 0 amide bonds. The molecule has 0 aromatic heterocycles. The zero-order valence-electron chi connectivity index (χ0n) is 4.75. The monoisotopic (exact) mass is 244 g/mol. The molecule has 0 bridgehead atoms. The summed E-state index contributed by atoms with van der Waals surface area (Å²) in [6, 6.07) is 0. The van der Waals surface area contributed by atoms with Crippen LogP contribution in [0.2, 0.25) is 0 Å². The summed E-state index contributed by atoms with van der Waals surface area (Å²) in [6.07, 6.45) is 0. The molecule has 0 atom stereocenters. The van der Waals surface area contributed by atoms with Gasteiger partial charge in [0.2, 0.25) is 0 Å². The van der Waals surface area contributed by atoms with Gasteiger partial charge in [0, 0.05) is 44.5 Å². The van der Waals surface area contributed by atoms with E-state index in [1.54, 1.807) is 0 Å². The summed E-state index contributed by atoms with van der Waals surface area (Å²) in [5, 5.41) is 0. The van der Waals surface area contributed by atoms with Crippen molar-refractivity contribution >= 4 is 10.4 Å². The minimum atomic E-state index is -5.17. The fraction of sp³-hybridized carbons (Fsp3) is 0. The van der Waals surface area contributed by atoms with E-state index in [1.807, 2.05) is 0 Å². The molecule has 0 heterocycles. The molecule has 6 nitrogen and oxygen atoms in total. The third-order valence-corrected chi connectivity index (χ3v) is 0. The zero-order valence-corrected chi connectivity index (χ0v) is 7.77. The number of hydrogen-bond acceptors (Lipinski definition) is 4. The van der Waals surface area contributed by atoms with Crippen molar-refractivity contribution < 1.29 is 51.7 Å². The maximum Gasteiger partial charge on any atom is 0.0311 e. The van der Waals surface area contributed by atoms with Gasteiger partial charge in [0.1, 0.15) is 0 Å². The van der Waals surface area contributed by atoms with Gasteiger partial charge in [-0.15, -0.1) is 0 Å². The van der Waals surface area contributed by atoms with Gasteiger partial charge < -0.3 is 21.4 Å². The molecule has 0 spiro atoms. The third-order valence-electron chi connectivity index (χ3n) is 0. The Hall–Kier alpha value is 0.829. The van der Waals surface area contributed by atoms with Gasteiger partial charge in [-0.3, -0.25) is 8.42 Å². The number of rotatable bonds is 0. The molecule has 0 rings (SSSR count). The fourth-order valence-corrected chi connectivity index (χ4v) is 0. The molecule has 0 saturated heterocycles. The van der Waals surface area contributed by atoms with Crippen molar-refractivity contribution in [3.05, 3.63) is 0 Å². The molecule has 0 fully saturated rings. The fourth-order valence-electron chi connectivity index (χ4n) is 0. The molecular formula is H8Fe2N2O4S. The minimum absolute atomic E-state index is 0. The molecule has 0 aliphatic rings. The van der Waals surface area contributed by atoms with E-state index in [0.29, 0.717) is 0 Å². The first kappa shape index (κ1) is 32.9. The van der Waals surface area contributed by atoms with Crippen molar-refractivity contribution in [3.63, 3.8) is 0 Å². The summed E-state index contributed by atoms with van der Waals surface area (Å²) >= 11 is 0. The van der Waals surface area contributed by atoms with Crippen molar-refractivity contribution in [2.75, 3.05) is 0 Å². The van der Waals surface area contributed by atoms with Gasteiger partial charge in [0.25, 0.3) is 0 Å². The number of quaternary nitrogens is 2. The maximum absolute atomic E-state index is 8.52. The molecule has 9 heteroatoms. The van der Waals surface area contributed by atoms with Crippen molar-refractivity contribution in [2.24, 2.45) is 0 Å². The van der Waals surface area contributed by atoms with Crippen LogP contribution in [0.1, 0.15) is 0 Å². The van der Waals surface area contributed by atoms with Crippen LogP contribution in [0.4, 0.5) is 0 Å². The maximum atomic E-state index is 8.52. The van der Waals surface area contributed by atoms with Crippen LogP contribution in [-0.2, 0) is 44.5 Å². The molecule has 0 saturated carbocycles. The smallest absolute Gasteiger partial charge is 0.0311 e. The van der Waals surface area contributed by atoms with Crippen LogP contribution < -0.4 is 12.3 Å². The molecule has 8 N–H and O–H groups in total. The van der Waals surface area contributed by atoms with Crippen LogP contribution in [0, 0.1) is 0 Å². The Kier molecular flexibility index (Phi) is 42.4. The summed E-state index contributed by atoms with van der Waals surface area (Å²) in [7, 11) is -5.17. The first-order chi connectivity index (χ1) is 2.00. The molecule has 0 aliphatic heterocycles. The zero-order chi connectivity index (χ0) is 4.50. The third kappa shape index (κ3) is 599. The summed E-state index contributed by atoms with van der Waals surface area (Å²) in [5.41, 5.74) is 0. The average Bonchev–Trinajstić information content (AvgIpc) is 0.722. The predicted molar refractivity (Wildman–Crippen MR) is 22.4 cm³/mol. The van der Waals surface area contributed by atoms with E-state index in [2.05, 4.69) is 0 Å². The second kappa shape index (κ2) is 11.6. The van der Waals surface area contributed by atoms with E-state index in [9.17, 15) is 0 Å². The molecule has 0 aromatic rings. The van der Waals surface area contributed by atoms with Crippen molar-refractivity contribution in [3.8, 4) is 0 Å². The summed E-state index contributed by atoms with van der Waals surface area (Å²) in [6.45, 7) is 0. The molecule has 64 valence electrons. The van der Waals surface area contributed by atoms with Crippen LogP contribution in [0.15, 0.2) is 0 Å². The van der Waals surface area contributed by atoms with Gasteiger partial charge in [-0.1, -0.05) is 0 Å². The van der Waals surface area contributed by atoms with Crippen LogP contribution in [0.3, 0.4) is 0 Å². The molecule has 0 radical (unpaired) electrons. The van der Waals surface area contributed by atoms with Gasteiger partial charge in [0.15, 0.2) is 0 Å². The van der Waals surface area contributed by atoms with Gasteiger partial charge in [-0.2, -0.15) is 0 Å². The second-order valence-corrected chi connectivity index (χ2v) is 1.22. The standard InChI is InChI=1S/2Fe.2H3N.H2O4S/c;;;;1-5(2,3)4/h;;2*1H3;(H2,1,2,3,4). The normalized spacial score (nSPS) is 6.44. The Morgan fingerprint density at radius 2 is 0.889 bits per heavy atom. The van der Waals surface area contributed by atoms with E-state index in [0.717, 1.165) is 0 Å². The molecule has 9 heavy (non-hydrogen) atoms. The van der Waals surface area contributed by atoms with E-state index < -0.39 is 10.4 Å². The second-order valence-electron chi connectivity index (χ2n) is 0.408. The Morgan fingerprint density at radius 1 is 0.889 bits per heavy atom. The predicted octanol–water partition coefficient (Wildman–Crippen LogP) is -0.591. The first-order valence-corrected chi connectivity index (χ1v) is 2.00. The summed E-state index contributed by atoms with van der Waals surface area (Å²) < 4.78 is 34.1. The molecular weight excluding hydrogens is 236 g/mol. The van der Waals surface area contributed by atoms with E-state index >= 15 is 0 Å². The SMILES string of the molecule is O=S(=O)([O-])[O-].[Fe].[Fe].[NH4+].[NH4+]. The quantitative estimate of drug-likeness (QED) is 0.331. The van der Waals surface area contributed by atoms with Crippen LogP contribution in [0.25, 0.3) is 0 Å². The van der Waals surface area contributed by atoms with Crippen molar-refractivity contribution in [2.45, 2.75) is 0 Å². The Bertz CT molecular complexity index is 99.7. The van der Waals surface area contributed by atoms with Gasteiger partial charge >= 0.3 is 0 Å². The van der Waals surface area contributed by atoms with E-state index in [1.165, 1.54) is 0 Å². The topological polar surface area (TPSA) is 153 Å². The molecule has 0 unspecified atom stereocenters. The van der Waals surface area contributed by atoms with Gasteiger partial charge in [-0.25, -0.2) is 0 Å². The summed E-state index contributed by atoms with van der Waals surface area (Å²) in [4.78, 5) is 0. The largest absolute Gasteiger partial charge is 0.759 e. The van der Waals surface area contributed by atoms with E-state index in [4.69, 9.17) is 17.5 Å². The first-order valence-electron chi connectivity index (χ1n) is 0.667. The summed E-state index contributed by atoms with van der Waals surface area (Å²) in [5.74, 6) is 0. The van der Waals surface area contributed by atoms with E-state index in [-0.39, 0.29) is 46.4 Å². The van der Waals surface area contributed by atoms with Crippen LogP contribution in [0.5, 0.6) is 0 Å². The molecule has 0 aromatic carbocycles. The Morgan fingerprint density at radius 3 is 0.889 bits per heavy atom. The van der Waals surface area contributed by atoms with Gasteiger partial charge in [0.05, 0.1) is 0 Å². The number of hydrogen-bond donors (Lipinski definition) is 2. The van der Waals surface area contributed by atoms with Crippen LogP contribution in [-0.4, -0.2) is 17.5 Å². The molecule has 0 aliphatic carbocycles. The van der Waals surface area contributed by atoms with Gasteiger partial charge in [-0.05, 0) is 0 Å².